The molecule has 0 aromatic heterocycles. The SMILES string of the molecule is COc1ccc(COC[C@H](C)[C@H]2O[C@]2(C)[C@@H](O[Si](C)(C)C(C)(C)C)[C@@H](CO[Si](C)(C)C(C)(C)C)[C@@H](O)[C@@H](CO[Si](C)(C)C(C)(C)C)C(CC(=O)N(C)OC)O[Si](C)(C)C(C)(C)C)cc1.COc1ccc(COC[C@H](C)[C@H]2O[C@]2(C)[C@@H](O[Si](C)(C)C(C)(C)C)[C@@H](CO[Si](C)(C)C(C)(C)C)[C@@H](O)[C@@H](CO[Si](C)(C)C(C)(C)C)[C@H](CC(=O)N(C)OC)O[Si](C)(C)C(C)(C)C)cc1. The van der Waals surface area contributed by atoms with Crippen LogP contribution in [0.4, 0.5) is 0 Å². The molecule has 2 amide bonds. The van der Waals surface area contributed by atoms with Crippen molar-refractivity contribution in [3.63, 3.8) is 0 Å². The van der Waals surface area contributed by atoms with Crippen molar-refractivity contribution >= 4 is 78.4 Å². The van der Waals surface area contributed by atoms with Crippen molar-refractivity contribution in [2.75, 3.05) is 82.2 Å². The molecule has 16 atom stereocenters. The summed E-state index contributed by atoms with van der Waals surface area (Å²) in [5.74, 6) is -1.27. The van der Waals surface area contributed by atoms with Gasteiger partial charge in [0.15, 0.2) is 66.5 Å². The summed E-state index contributed by atoms with van der Waals surface area (Å²) in [5, 5.41) is 28.7. The van der Waals surface area contributed by atoms with Crippen LogP contribution in [-0.2, 0) is 86.8 Å². The number of rotatable bonds is 48. The molecule has 0 radical (unpaired) electrons. The summed E-state index contributed by atoms with van der Waals surface area (Å²) in [4.78, 5) is 38.9. The zero-order valence-corrected chi connectivity index (χ0v) is 98.9. The fraction of sp³-hybridized carbons (Fsp3) is 0.857. The van der Waals surface area contributed by atoms with E-state index in [2.05, 4.69) is 299 Å². The first-order valence-corrected chi connectivity index (χ1v) is 70.7. The monoisotopic (exact) mass is 1940 g/mol. The lowest BCUT2D eigenvalue weighted by Gasteiger charge is -2.48. The Hall–Kier alpha value is -1.92. The van der Waals surface area contributed by atoms with Crippen LogP contribution in [0.1, 0.15) is 218 Å². The molecular formula is C98H194N2O20Si8. The molecule has 0 saturated carbocycles. The van der Waals surface area contributed by atoms with Crippen LogP contribution in [0.5, 0.6) is 11.5 Å². The van der Waals surface area contributed by atoms with Crippen molar-refractivity contribution in [2.45, 2.75) is 425 Å². The minimum absolute atomic E-state index is 0.00195. The van der Waals surface area contributed by atoms with Crippen LogP contribution in [0, 0.1) is 35.5 Å². The molecule has 1 unspecified atom stereocenters. The van der Waals surface area contributed by atoms with Crippen LogP contribution in [0.2, 0.25) is 145 Å². The van der Waals surface area contributed by atoms with E-state index < -0.39 is 138 Å². The molecular weight excluding hydrogens is 1750 g/mol. The number of hydrogen-bond acceptors (Lipinski definition) is 20. The molecule has 0 bridgehead atoms. The highest BCUT2D eigenvalue weighted by Crippen LogP contribution is 2.56. The Morgan fingerprint density at radius 2 is 0.578 bits per heavy atom. The quantitative estimate of drug-likeness (QED) is 0.0356. The molecule has 2 aromatic rings. The van der Waals surface area contributed by atoms with E-state index in [1.54, 1.807) is 28.3 Å². The van der Waals surface area contributed by atoms with Gasteiger partial charge in [0.2, 0.25) is 11.8 Å². The van der Waals surface area contributed by atoms with Crippen molar-refractivity contribution < 1.29 is 93.3 Å². The van der Waals surface area contributed by atoms with Gasteiger partial charge in [-0.25, -0.2) is 10.1 Å². The van der Waals surface area contributed by atoms with Gasteiger partial charge in [-0.1, -0.05) is 204 Å². The molecule has 2 N–H and O–H groups in total. The average Bonchev–Trinajstić information content (AvgIpc) is 1.57. The lowest BCUT2D eigenvalue weighted by molar-refractivity contribution is -0.173. The van der Waals surface area contributed by atoms with Gasteiger partial charge in [-0.15, -0.1) is 0 Å². The number of aliphatic hydroxyl groups is 2. The van der Waals surface area contributed by atoms with Crippen molar-refractivity contribution in [3.8, 4) is 11.5 Å². The molecule has 2 aliphatic rings. The van der Waals surface area contributed by atoms with Crippen LogP contribution in [0.3, 0.4) is 0 Å². The fourth-order valence-electron chi connectivity index (χ4n) is 13.7. The van der Waals surface area contributed by atoms with Gasteiger partial charge in [0.05, 0.1) is 117 Å². The summed E-state index contributed by atoms with van der Waals surface area (Å²) < 4.78 is 95.7. The van der Waals surface area contributed by atoms with Gasteiger partial charge in [-0.05, 0) is 194 Å². The lowest BCUT2D eigenvalue weighted by atomic mass is 9.78. The number of methoxy groups -OCH3 is 2. The van der Waals surface area contributed by atoms with Gasteiger partial charge in [-0.3, -0.25) is 19.3 Å². The van der Waals surface area contributed by atoms with Gasteiger partial charge >= 0.3 is 0 Å². The Morgan fingerprint density at radius 3 is 0.789 bits per heavy atom. The number of hydrogen-bond donors (Lipinski definition) is 2. The van der Waals surface area contributed by atoms with E-state index in [0.29, 0.717) is 26.4 Å². The summed E-state index contributed by atoms with van der Waals surface area (Å²) in [7, 11) is -10.2. The second-order valence-corrected chi connectivity index (χ2v) is 88.3. The third-order valence-electron chi connectivity index (χ3n) is 31.8. The standard InChI is InChI=1S/2C49H97NO10Si4/c2*1-35(31-55-32-36-26-28-37(53-16)29-27-36)43-49(14,58-43)44(60-64(24,25)48(11,12)13)39(34-57-62(20,21)46(5,6)7)42(52)38(33-56-61(18,19)45(2,3)4)40(30-41(51)50(15)54-17)59-63(22,23)47(8,9)10/h2*26-29,35,38-40,42-44,52H,30-34H2,1-25H3/t35-,38-,39-,40?,42-,43+,44-,49-;35-,38-,39-,40-,42-,43+,44-,49-/m00/s1. The average molecular weight is 1950 g/mol. The Balaban J connectivity index is 0.000000660. The number of carbonyl (C=O) groups is 2. The van der Waals surface area contributed by atoms with E-state index in [0.717, 1.165) is 22.6 Å². The van der Waals surface area contributed by atoms with Crippen LogP contribution in [-0.4, -0.2) is 241 Å². The summed E-state index contributed by atoms with van der Waals surface area (Å²) in [6.07, 6.45) is -5.15. The highest BCUT2D eigenvalue weighted by Gasteiger charge is 2.67. The van der Waals surface area contributed by atoms with Crippen molar-refractivity contribution in [1.29, 1.82) is 0 Å². The molecule has 128 heavy (non-hydrogen) atoms. The van der Waals surface area contributed by atoms with E-state index in [-0.39, 0.29) is 115 Å². The van der Waals surface area contributed by atoms with Gasteiger partial charge < -0.3 is 74.0 Å². The molecule has 0 aliphatic carbocycles. The zero-order valence-electron chi connectivity index (χ0n) is 90.9. The van der Waals surface area contributed by atoms with E-state index in [4.69, 9.17) is 73.5 Å². The summed E-state index contributed by atoms with van der Waals surface area (Å²) in [5.41, 5.74) is 0.558. The molecule has 22 nitrogen and oxygen atoms in total. The Kier molecular flexibility index (Phi) is 42.6. The molecule has 2 aliphatic heterocycles. The lowest BCUT2D eigenvalue weighted by Crippen LogP contribution is -2.59. The van der Waals surface area contributed by atoms with Crippen molar-refractivity contribution in [3.05, 3.63) is 59.7 Å². The number of benzene rings is 2. The number of ether oxygens (including phenoxy) is 6. The predicted molar refractivity (Wildman–Crippen MR) is 546 cm³/mol. The fourth-order valence-corrected chi connectivity index (χ4v) is 23.4. The number of nitrogens with zero attached hydrogens (tertiary/aromatic N) is 2. The number of hydroxylamine groups is 4. The van der Waals surface area contributed by atoms with Gasteiger partial charge in [0, 0.05) is 76.0 Å². The Labute approximate surface area is 790 Å². The minimum Gasteiger partial charge on any atom is -0.497 e. The van der Waals surface area contributed by atoms with Crippen LogP contribution < -0.4 is 9.47 Å². The van der Waals surface area contributed by atoms with Gasteiger partial charge in [0.25, 0.3) is 0 Å². The summed E-state index contributed by atoms with van der Waals surface area (Å²) in [6, 6.07) is 15.9. The second-order valence-electron chi connectivity index (χ2n) is 50.0. The molecule has 30 heteroatoms. The molecule has 2 aromatic carbocycles. The third kappa shape index (κ3) is 32.6. The molecule has 0 spiro atoms. The minimum atomic E-state index is -2.55. The maximum atomic E-state index is 14.0. The Morgan fingerprint density at radius 1 is 0.359 bits per heavy atom. The second kappa shape index (κ2) is 45.3. The molecule has 2 fully saturated rings. The van der Waals surface area contributed by atoms with Crippen molar-refractivity contribution in [1.82, 2.24) is 10.1 Å². The first-order chi connectivity index (χ1) is 57.4. The molecule has 748 valence electrons. The van der Waals surface area contributed by atoms with Crippen LogP contribution >= 0.6 is 0 Å². The third-order valence-corrected chi connectivity index (χ3v) is 67.7. The van der Waals surface area contributed by atoms with Crippen LogP contribution in [0.15, 0.2) is 48.5 Å². The number of carbonyl (C=O) groups excluding carboxylic acids is 2. The maximum absolute atomic E-state index is 14.0. The maximum Gasteiger partial charge on any atom is 0.248 e. The van der Waals surface area contributed by atoms with Gasteiger partial charge in [-0.2, -0.15) is 0 Å². The largest absolute Gasteiger partial charge is 0.497 e. The zero-order chi connectivity index (χ0) is 99.7. The number of amides is 2. The predicted octanol–water partition coefficient (Wildman–Crippen LogP) is 23.7. The topological polar surface area (TPSA) is 235 Å². The van der Waals surface area contributed by atoms with E-state index in [1.807, 2.05) is 48.5 Å². The number of epoxide rings is 2. The molecule has 2 saturated heterocycles. The number of aliphatic hydroxyl groups excluding tert-OH is 2. The highest BCUT2D eigenvalue weighted by atomic mass is 28.4. The highest BCUT2D eigenvalue weighted by molar-refractivity contribution is 6.77. The smallest absolute Gasteiger partial charge is 0.248 e. The van der Waals surface area contributed by atoms with E-state index >= 15 is 0 Å². The van der Waals surface area contributed by atoms with Gasteiger partial charge in [0.1, 0.15) is 22.7 Å². The van der Waals surface area contributed by atoms with Crippen LogP contribution in [0.25, 0.3) is 0 Å². The normalized spacial score (nSPS) is 21.2. The van der Waals surface area contributed by atoms with E-state index in [1.165, 1.54) is 24.3 Å². The summed E-state index contributed by atoms with van der Waals surface area (Å²) in [6.45, 7) is 101. The molecule has 4 rings (SSSR count). The molecule has 2 heterocycles. The Bertz CT molecular complexity index is 3460. The first kappa shape index (κ1) is 120. The summed E-state index contributed by atoms with van der Waals surface area (Å²) >= 11 is 0. The van der Waals surface area contributed by atoms with E-state index in [9.17, 15) is 19.8 Å². The first-order valence-electron chi connectivity index (χ1n) is 47.4. The van der Waals surface area contributed by atoms with Crippen molar-refractivity contribution in [2.24, 2.45) is 35.5 Å².